The second-order valence-corrected chi connectivity index (χ2v) is 17.5. The maximum absolute atomic E-state index is 7.19. The molecular weight excluding hydrogens is 1060 g/mol. The molecule has 0 saturated heterocycles. The van der Waals surface area contributed by atoms with E-state index in [1.807, 2.05) is 30.5 Å². The van der Waals surface area contributed by atoms with Gasteiger partial charge in [-0.2, -0.15) is 18.2 Å². The Hall–Kier alpha value is -8.89. The fraction of sp³-hybridized carbons (Fsp3) is 0. The number of aromatic nitrogens is 4. The number of ether oxygens (including phenoxy) is 1. The summed E-state index contributed by atoms with van der Waals surface area (Å²) in [6.07, 6.45) is 5.67. The minimum absolute atomic E-state index is 0. The first-order valence-electron chi connectivity index (χ1n) is 23.8. The quantitative estimate of drug-likeness (QED) is 0.101. The Morgan fingerprint density at radius 1 is 0.417 bits per heavy atom. The number of para-hydroxylation sites is 4. The maximum Gasteiger partial charge on any atom is 0.268 e. The van der Waals surface area contributed by atoms with E-state index in [1.54, 1.807) is 0 Å². The van der Waals surface area contributed by atoms with E-state index in [1.165, 1.54) is 0 Å². The monoisotopic (exact) mass is 1100 g/mol. The SMILES string of the molecule is [Pt].[c-]1c(-n2[c-][n+](-c3c(-c4ccccc4)cccc3-c3ccccc3)c3ccccc32)ccc(-c2cc(-c3ccccc3)cc(-c3ccccc3)c2)c1Oc1[c-]c2c(cc1)c1ccccc1n2-c1ccccn1. The van der Waals surface area contributed by atoms with Crippen molar-refractivity contribution in [2.75, 3.05) is 0 Å². The van der Waals surface area contributed by atoms with Gasteiger partial charge in [0, 0.05) is 44.3 Å². The molecule has 0 radical (unpaired) electrons. The predicted molar refractivity (Wildman–Crippen MR) is 287 cm³/mol. The Kier molecular flexibility index (Phi) is 11.8. The summed E-state index contributed by atoms with van der Waals surface area (Å²) in [7, 11) is 0. The van der Waals surface area contributed by atoms with E-state index in [9.17, 15) is 0 Å². The van der Waals surface area contributed by atoms with Crippen molar-refractivity contribution in [3.63, 3.8) is 0 Å². The molecule has 0 spiro atoms. The van der Waals surface area contributed by atoms with E-state index in [-0.39, 0.29) is 21.1 Å². The zero-order valence-electron chi connectivity index (χ0n) is 38.8. The van der Waals surface area contributed by atoms with Crippen molar-refractivity contribution in [1.82, 2.24) is 14.1 Å². The van der Waals surface area contributed by atoms with Crippen LogP contribution in [0.3, 0.4) is 0 Å². The molecule has 344 valence electrons. The van der Waals surface area contributed by atoms with Gasteiger partial charge in [-0.15, -0.1) is 23.6 Å². The van der Waals surface area contributed by atoms with Gasteiger partial charge in [0.1, 0.15) is 5.82 Å². The van der Waals surface area contributed by atoms with Crippen LogP contribution < -0.4 is 9.30 Å². The van der Waals surface area contributed by atoms with E-state index >= 15 is 0 Å². The van der Waals surface area contributed by atoms with E-state index in [2.05, 4.69) is 257 Å². The van der Waals surface area contributed by atoms with Crippen LogP contribution in [0.1, 0.15) is 0 Å². The molecule has 0 bridgehead atoms. The minimum Gasteiger partial charge on any atom is -0.509 e. The van der Waals surface area contributed by atoms with Crippen LogP contribution in [0.5, 0.6) is 11.5 Å². The molecule has 0 atom stereocenters. The van der Waals surface area contributed by atoms with Gasteiger partial charge in [0.25, 0.3) is 6.33 Å². The average molecular weight is 1100 g/mol. The molecule has 13 rings (SSSR count). The molecule has 0 aliphatic carbocycles. The van der Waals surface area contributed by atoms with Crippen LogP contribution in [0, 0.1) is 18.5 Å². The second kappa shape index (κ2) is 19.1. The van der Waals surface area contributed by atoms with Crippen molar-refractivity contribution < 1.29 is 30.4 Å². The molecule has 72 heavy (non-hydrogen) atoms. The summed E-state index contributed by atoms with van der Waals surface area (Å²) in [5.74, 6) is 1.91. The van der Waals surface area contributed by atoms with Crippen molar-refractivity contribution in [2.45, 2.75) is 0 Å². The van der Waals surface area contributed by atoms with Crippen LogP contribution in [0.2, 0.25) is 0 Å². The molecular formula is C66H42N4OPt-2. The van der Waals surface area contributed by atoms with Gasteiger partial charge in [-0.25, -0.2) is 4.98 Å². The largest absolute Gasteiger partial charge is 0.509 e. The summed E-state index contributed by atoms with van der Waals surface area (Å²) in [5.41, 5.74) is 16.4. The molecule has 0 aliphatic rings. The molecule has 13 aromatic rings. The van der Waals surface area contributed by atoms with Gasteiger partial charge in [-0.1, -0.05) is 217 Å². The first-order valence-corrected chi connectivity index (χ1v) is 23.8. The van der Waals surface area contributed by atoms with Gasteiger partial charge in [0.15, 0.2) is 0 Å². The number of hydrogen-bond donors (Lipinski definition) is 0. The van der Waals surface area contributed by atoms with E-state index in [0.29, 0.717) is 11.5 Å². The molecule has 0 fully saturated rings. The summed E-state index contributed by atoms with van der Waals surface area (Å²) >= 11 is 0. The minimum atomic E-state index is 0. The molecule has 0 saturated carbocycles. The molecule has 0 N–H and O–H groups in total. The van der Waals surface area contributed by atoms with E-state index < -0.39 is 0 Å². The molecule has 5 nitrogen and oxygen atoms in total. The number of imidazole rings is 1. The Labute approximate surface area is 432 Å². The van der Waals surface area contributed by atoms with Crippen molar-refractivity contribution in [3.8, 4) is 84.3 Å². The number of pyridine rings is 1. The van der Waals surface area contributed by atoms with Crippen LogP contribution in [0.25, 0.3) is 106 Å². The second-order valence-electron chi connectivity index (χ2n) is 17.5. The molecule has 0 amide bonds. The number of nitrogens with zero attached hydrogens (tertiary/aromatic N) is 4. The third-order valence-corrected chi connectivity index (χ3v) is 13.2. The summed E-state index contributed by atoms with van der Waals surface area (Å²) in [4.78, 5) is 4.78. The van der Waals surface area contributed by atoms with Gasteiger partial charge in [-0.3, -0.25) is 4.57 Å². The number of hydrogen-bond acceptors (Lipinski definition) is 2. The van der Waals surface area contributed by atoms with Gasteiger partial charge in [0.05, 0.1) is 16.7 Å². The number of fused-ring (bicyclic) bond motifs is 4. The Morgan fingerprint density at radius 2 is 0.986 bits per heavy atom. The molecule has 10 aromatic carbocycles. The molecule has 0 aliphatic heterocycles. The predicted octanol–water partition coefficient (Wildman–Crippen LogP) is 15.9. The van der Waals surface area contributed by atoms with Crippen LogP contribution in [-0.4, -0.2) is 14.1 Å². The summed E-state index contributed by atoms with van der Waals surface area (Å²) in [5, 5.41) is 2.17. The fourth-order valence-electron chi connectivity index (χ4n) is 9.94. The Bertz CT molecular complexity index is 3940. The van der Waals surface area contributed by atoms with Gasteiger partial charge in [0.2, 0.25) is 0 Å². The van der Waals surface area contributed by atoms with Crippen LogP contribution in [0.4, 0.5) is 0 Å². The summed E-state index contributed by atoms with van der Waals surface area (Å²) in [6, 6.07) is 94.4. The Balaban J connectivity index is 0.00000530. The topological polar surface area (TPSA) is 35.9 Å². The van der Waals surface area contributed by atoms with Gasteiger partial charge < -0.3 is 13.9 Å². The van der Waals surface area contributed by atoms with E-state index in [4.69, 9.17) is 9.72 Å². The molecule has 6 heteroatoms. The zero-order chi connectivity index (χ0) is 47.1. The smallest absolute Gasteiger partial charge is 0.268 e. The van der Waals surface area contributed by atoms with Crippen LogP contribution >= 0.6 is 0 Å². The fourth-order valence-corrected chi connectivity index (χ4v) is 9.94. The van der Waals surface area contributed by atoms with Crippen molar-refractivity contribution in [1.29, 1.82) is 0 Å². The molecule has 3 heterocycles. The molecule has 3 aromatic heterocycles. The van der Waals surface area contributed by atoms with Crippen molar-refractivity contribution in [2.24, 2.45) is 0 Å². The van der Waals surface area contributed by atoms with E-state index in [0.717, 1.165) is 106 Å². The first kappa shape index (κ1) is 44.3. The van der Waals surface area contributed by atoms with Crippen molar-refractivity contribution >= 4 is 32.8 Å². The van der Waals surface area contributed by atoms with Gasteiger partial charge >= 0.3 is 0 Å². The number of benzene rings is 10. The third kappa shape index (κ3) is 8.10. The first-order chi connectivity index (χ1) is 35.2. The van der Waals surface area contributed by atoms with Gasteiger partial charge in [-0.05, 0) is 79.8 Å². The van der Waals surface area contributed by atoms with Crippen LogP contribution in [-0.2, 0) is 21.1 Å². The average Bonchev–Trinajstić information content (AvgIpc) is 4.00. The summed E-state index contributed by atoms with van der Waals surface area (Å²) < 4.78 is 13.7. The third-order valence-electron chi connectivity index (χ3n) is 13.2. The molecule has 0 unspecified atom stereocenters. The maximum atomic E-state index is 7.19. The van der Waals surface area contributed by atoms with Crippen molar-refractivity contribution in [3.05, 3.63) is 273 Å². The zero-order valence-corrected chi connectivity index (χ0v) is 41.0. The summed E-state index contributed by atoms with van der Waals surface area (Å²) in [6.45, 7) is 0. The Morgan fingerprint density at radius 3 is 1.62 bits per heavy atom. The van der Waals surface area contributed by atoms with Crippen LogP contribution in [0.15, 0.2) is 255 Å². The standard InChI is InChI=1S/C66H42N4O.Pt/c1-5-20-46(21-6-1)50-40-51(47-22-7-2-8-23-47)42-52(41-50)55-37-35-53(43-64(55)71-54-36-38-59-58-28-13-14-31-60(58)70(63(59)44-54)65-34-17-18-39-67-65)68-45-69(62-33-16-15-32-61(62)68)66-56(48-24-9-3-10-25-48)29-19-30-57(66)49-26-11-4-12-27-49;/h1-42H;/q-2;. The normalized spacial score (nSPS) is 11.2. The number of rotatable bonds is 10.